The first-order chi connectivity index (χ1) is 6.61. The van der Waals surface area contributed by atoms with E-state index in [4.69, 9.17) is 5.11 Å². The molecule has 0 radical (unpaired) electrons. The molecule has 82 valence electrons. The standard InChI is InChI=1S/C9H18N2O3/c1-3-7(6-8(12)13)9(14)11-5-4-10-2/h7,10H,3-6H2,1-2H3,(H,11,14)(H,12,13). The minimum absolute atomic E-state index is 0.0954. The van der Waals surface area contributed by atoms with Crippen LogP contribution in [0.1, 0.15) is 19.8 Å². The fourth-order valence-corrected chi connectivity index (χ4v) is 1.09. The summed E-state index contributed by atoms with van der Waals surface area (Å²) < 4.78 is 0. The van der Waals surface area contributed by atoms with E-state index in [2.05, 4.69) is 10.6 Å². The van der Waals surface area contributed by atoms with Gasteiger partial charge in [-0.1, -0.05) is 6.92 Å². The van der Waals surface area contributed by atoms with Gasteiger partial charge in [0.2, 0.25) is 5.91 Å². The lowest BCUT2D eigenvalue weighted by molar-refractivity contribution is -0.141. The summed E-state index contributed by atoms with van der Waals surface area (Å²) in [6.45, 7) is 3.03. The minimum atomic E-state index is -0.930. The number of amides is 1. The Kier molecular flexibility index (Phi) is 6.74. The molecule has 0 aromatic rings. The van der Waals surface area contributed by atoms with Gasteiger partial charge in [-0.25, -0.2) is 0 Å². The molecule has 0 aromatic heterocycles. The molecule has 0 saturated heterocycles. The van der Waals surface area contributed by atoms with Crippen LogP contribution in [0.5, 0.6) is 0 Å². The number of carboxylic acid groups (broad SMARTS) is 1. The van der Waals surface area contributed by atoms with Crippen LogP contribution >= 0.6 is 0 Å². The van der Waals surface area contributed by atoms with Crippen molar-refractivity contribution in [1.29, 1.82) is 0 Å². The van der Waals surface area contributed by atoms with E-state index in [1.165, 1.54) is 0 Å². The van der Waals surface area contributed by atoms with Crippen LogP contribution < -0.4 is 10.6 Å². The van der Waals surface area contributed by atoms with E-state index >= 15 is 0 Å². The fraction of sp³-hybridized carbons (Fsp3) is 0.778. The first kappa shape index (κ1) is 12.9. The largest absolute Gasteiger partial charge is 0.481 e. The first-order valence-electron chi connectivity index (χ1n) is 4.75. The van der Waals surface area contributed by atoms with E-state index in [0.29, 0.717) is 19.5 Å². The fourth-order valence-electron chi connectivity index (χ4n) is 1.09. The molecule has 5 heteroatoms. The highest BCUT2D eigenvalue weighted by molar-refractivity contribution is 5.83. The molecule has 0 spiro atoms. The van der Waals surface area contributed by atoms with Gasteiger partial charge in [-0.15, -0.1) is 0 Å². The van der Waals surface area contributed by atoms with Crippen molar-refractivity contribution in [2.45, 2.75) is 19.8 Å². The number of carboxylic acids is 1. The lowest BCUT2D eigenvalue weighted by Gasteiger charge is -2.12. The molecule has 0 heterocycles. The molecule has 0 fully saturated rings. The number of carbonyl (C=O) groups is 2. The topological polar surface area (TPSA) is 78.4 Å². The molecule has 0 bridgehead atoms. The lowest BCUT2D eigenvalue weighted by atomic mass is 10.0. The number of nitrogens with one attached hydrogen (secondary N) is 2. The monoisotopic (exact) mass is 202 g/mol. The normalized spacial score (nSPS) is 12.1. The van der Waals surface area contributed by atoms with Gasteiger partial charge in [0.1, 0.15) is 0 Å². The Morgan fingerprint density at radius 2 is 2.00 bits per heavy atom. The van der Waals surface area contributed by atoms with E-state index < -0.39 is 11.9 Å². The van der Waals surface area contributed by atoms with Gasteiger partial charge in [-0.2, -0.15) is 0 Å². The predicted molar refractivity (Wildman–Crippen MR) is 53.0 cm³/mol. The predicted octanol–water partition coefficient (Wildman–Crippen LogP) is -0.177. The Balaban J connectivity index is 3.85. The molecule has 1 unspecified atom stereocenters. The molecule has 0 aliphatic heterocycles. The molecule has 0 aliphatic carbocycles. The Bertz CT molecular complexity index is 194. The van der Waals surface area contributed by atoms with E-state index in [0.717, 1.165) is 0 Å². The molecule has 1 atom stereocenters. The van der Waals surface area contributed by atoms with Crippen molar-refractivity contribution >= 4 is 11.9 Å². The SMILES string of the molecule is CCC(CC(=O)O)C(=O)NCCNC. The van der Waals surface area contributed by atoms with E-state index in [1.54, 1.807) is 7.05 Å². The van der Waals surface area contributed by atoms with Gasteiger partial charge in [-0.05, 0) is 13.5 Å². The highest BCUT2D eigenvalue weighted by atomic mass is 16.4. The molecule has 1 amide bonds. The van der Waals surface area contributed by atoms with Gasteiger partial charge >= 0.3 is 5.97 Å². The Morgan fingerprint density at radius 3 is 2.43 bits per heavy atom. The molecule has 14 heavy (non-hydrogen) atoms. The van der Waals surface area contributed by atoms with Gasteiger partial charge in [0.05, 0.1) is 6.42 Å². The lowest BCUT2D eigenvalue weighted by Crippen LogP contribution is -2.35. The van der Waals surface area contributed by atoms with E-state index in [1.807, 2.05) is 6.92 Å². The highest BCUT2D eigenvalue weighted by Gasteiger charge is 2.18. The van der Waals surface area contributed by atoms with Crippen molar-refractivity contribution in [2.24, 2.45) is 5.92 Å². The summed E-state index contributed by atoms with van der Waals surface area (Å²) in [7, 11) is 1.79. The molecule has 3 N–H and O–H groups in total. The molecular weight excluding hydrogens is 184 g/mol. The second-order valence-electron chi connectivity index (χ2n) is 3.10. The molecular formula is C9H18N2O3. The summed E-state index contributed by atoms with van der Waals surface area (Å²) in [5, 5.41) is 14.1. The Labute approximate surface area is 83.9 Å². The van der Waals surface area contributed by atoms with E-state index in [9.17, 15) is 9.59 Å². The Morgan fingerprint density at radius 1 is 1.36 bits per heavy atom. The third-order valence-electron chi connectivity index (χ3n) is 1.96. The minimum Gasteiger partial charge on any atom is -0.481 e. The average molecular weight is 202 g/mol. The number of carbonyl (C=O) groups excluding carboxylic acids is 1. The average Bonchev–Trinajstić information content (AvgIpc) is 2.14. The van der Waals surface area contributed by atoms with Crippen LogP contribution in [-0.2, 0) is 9.59 Å². The van der Waals surface area contributed by atoms with Crippen molar-refractivity contribution in [3.63, 3.8) is 0 Å². The summed E-state index contributed by atoms with van der Waals surface area (Å²) in [6.07, 6.45) is 0.458. The summed E-state index contributed by atoms with van der Waals surface area (Å²) in [5.74, 6) is -1.52. The number of likely N-dealkylation sites (N-methyl/N-ethyl adjacent to an activating group) is 1. The van der Waals surface area contributed by atoms with Crippen LogP contribution in [-0.4, -0.2) is 37.1 Å². The van der Waals surface area contributed by atoms with E-state index in [-0.39, 0.29) is 12.3 Å². The number of hydrogen-bond acceptors (Lipinski definition) is 3. The molecule has 0 rings (SSSR count). The van der Waals surface area contributed by atoms with Crippen molar-refractivity contribution < 1.29 is 14.7 Å². The van der Waals surface area contributed by atoms with Crippen LogP contribution in [0.3, 0.4) is 0 Å². The van der Waals surface area contributed by atoms with Crippen molar-refractivity contribution in [2.75, 3.05) is 20.1 Å². The van der Waals surface area contributed by atoms with Crippen molar-refractivity contribution in [3.8, 4) is 0 Å². The molecule has 0 saturated carbocycles. The highest BCUT2D eigenvalue weighted by Crippen LogP contribution is 2.07. The van der Waals surface area contributed by atoms with Crippen LogP contribution in [0.15, 0.2) is 0 Å². The maximum Gasteiger partial charge on any atom is 0.304 e. The third-order valence-corrected chi connectivity index (χ3v) is 1.96. The molecule has 0 aliphatic rings. The summed E-state index contributed by atoms with van der Waals surface area (Å²) in [5.41, 5.74) is 0. The second-order valence-corrected chi connectivity index (χ2v) is 3.10. The smallest absolute Gasteiger partial charge is 0.304 e. The van der Waals surface area contributed by atoms with Crippen LogP contribution in [0.25, 0.3) is 0 Å². The third kappa shape index (κ3) is 5.53. The summed E-state index contributed by atoms with van der Waals surface area (Å²) in [6, 6.07) is 0. The van der Waals surface area contributed by atoms with Gasteiger partial charge < -0.3 is 15.7 Å². The van der Waals surface area contributed by atoms with Gasteiger partial charge in [0.15, 0.2) is 0 Å². The van der Waals surface area contributed by atoms with Gasteiger partial charge in [0, 0.05) is 19.0 Å². The maximum atomic E-state index is 11.4. The second kappa shape index (κ2) is 7.32. The zero-order valence-electron chi connectivity index (χ0n) is 8.67. The van der Waals surface area contributed by atoms with Crippen LogP contribution in [0.4, 0.5) is 0 Å². The Hall–Kier alpha value is -1.10. The molecule has 0 aromatic carbocycles. The van der Waals surface area contributed by atoms with Gasteiger partial charge in [-0.3, -0.25) is 9.59 Å². The maximum absolute atomic E-state index is 11.4. The first-order valence-corrected chi connectivity index (χ1v) is 4.75. The number of aliphatic carboxylic acids is 1. The zero-order valence-corrected chi connectivity index (χ0v) is 8.67. The quantitative estimate of drug-likeness (QED) is 0.500. The summed E-state index contributed by atoms with van der Waals surface area (Å²) >= 11 is 0. The zero-order chi connectivity index (χ0) is 11.0. The summed E-state index contributed by atoms with van der Waals surface area (Å²) in [4.78, 5) is 21.8. The van der Waals surface area contributed by atoms with Crippen molar-refractivity contribution in [3.05, 3.63) is 0 Å². The molecule has 5 nitrogen and oxygen atoms in total. The van der Waals surface area contributed by atoms with Gasteiger partial charge in [0.25, 0.3) is 0 Å². The van der Waals surface area contributed by atoms with Crippen LogP contribution in [0.2, 0.25) is 0 Å². The number of rotatable bonds is 7. The van der Waals surface area contributed by atoms with Crippen molar-refractivity contribution in [1.82, 2.24) is 10.6 Å². The van der Waals surface area contributed by atoms with Crippen LogP contribution in [0, 0.1) is 5.92 Å². The number of hydrogen-bond donors (Lipinski definition) is 3.